The molecule has 1 saturated heterocycles. The molecule has 162 valence electrons. The lowest BCUT2D eigenvalue weighted by molar-refractivity contribution is -0.133. The molecule has 3 aromatic rings. The minimum absolute atomic E-state index is 0.0275. The van der Waals surface area contributed by atoms with E-state index in [0.717, 1.165) is 4.88 Å². The third-order valence-electron chi connectivity index (χ3n) is 4.96. The molecule has 1 aliphatic rings. The van der Waals surface area contributed by atoms with Crippen molar-refractivity contribution in [1.82, 2.24) is 19.9 Å². The second kappa shape index (κ2) is 9.80. The van der Waals surface area contributed by atoms with Crippen LogP contribution < -0.4 is 5.32 Å². The van der Waals surface area contributed by atoms with E-state index >= 15 is 0 Å². The lowest BCUT2D eigenvalue weighted by Crippen LogP contribution is -2.50. The van der Waals surface area contributed by atoms with Crippen LogP contribution in [0.3, 0.4) is 0 Å². The van der Waals surface area contributed by atoms with Gasteiger partial charge in [-0.25, -0.2) is 4.39 Å². The van der Waals surface area contributed by atoms with Gasteiger partial charge in [0.05, 0.1) is 11.4 Å². The van der Waals surface area contributed by atoms with Crippen LogP contribution in [0, 0.1) is 5.82 Å². The van der Waals surface area contributed by atoms with Gasteiger partial charge in [-0.15, -0.1) is 11.3 Å². The first-order valence-corrected chi connectivity index (χ1v) is 10.9. The summed E-state index contributed by atoms with van der Waals surface area (Å²) in [7, 11) is 0. The van der Waals surface area contributed by atoms with Gasteiger partial charge in [0.15, 0.2) is 0 Å². The van der Waals surface area contributed by atoms with Gasteiger partial charge in [0.2, 0.25) is 23.5 Å². The third kappa shape index (κ3) is 5.74. The number of halogens is 1. The fourth-order valence-corrected chi connectivity index (χ4v) is 4.01. The molecule has 1 aliphatic heterocycles. The maximum atomic E-state index is 13.2. The summed E-state index contributed by atoms with van der Waals surface area (Å²) in [6.07, 6.45) is 0.694. The molecule has 0 saturated carbocycles. The molecule has 0 radical (unpaired) electrons. The number of nitrogens with one attached hydrogen (secondary N) is 1. The molecule has 8 nitrogen and oxygen atoms in total. The summed E-state index contributed by atoms with van der Waals surface area (Å²) in [4.78, 5) is 33.7. The van der Waals surface area contributed by atoms with E-state index in [1.807, 2.05) is 22.4 Å². The summed E-state index contributed by atoms with van der Waals surface area (Å²) in [6, 6.07) is 9.64. The van der Waals surface area contributed by atoms with Gasteiger partial charge >= 0.3 is 0 Å². The van der Waals surface area contributed by atoms with Crippen LogP contribution in [0.15, 0.2) is 46.3 Å². The molecule has 1 N–H and O–H groups in total. The Balaban J connectivity index is 1.19. The third-order valence-corrected chi connectivity index (χ3v) is 5.83. The maximum Gasteiger partial charge on any atom is 0.238 e. The van der Waals surface area contributed by atoms with Crippen molar-refractivity contribution >= 4 is 28.8 Å². The molecule has 0 unspecified atom stereocenters. The Bertz CT molecular complexity index is 1030. The molecule has 0 aliphatic carbocycles. The van der Waals surface area contributed by atoms with Gasteiger partial charge in [0.25, 0.3) is 0 Å². The van der Waals surface area contributed by atoms with Crippen LogP contribution in [0.2, 0.25) is 0 Å². The maximum absolute atomic E-state index is 13.2. The Morgan fingerprint density at radius 3 is 2.74 bits per heavy atom. The molecule has 2 amide bonds. The number of carbonyl (C=O) groups is 2. The highest BCUT2D eigenvalue weighted by molar-refractivity contribution is 7.13. The highest BCUT2D eigenvalue weighted by Gasteiger charge is 2.23. The smallest absolute Gasteiger partial charge is 0.238 e. The van der Waals surface area contributed by atoms with Gasteiger partial charge < -0.3 is 14.7 Å². The molecule has 0 atom stereocenters. The van der Waals surface area contributed by atoms with Gasteiger partial charge in [0.1, 0.15) is 5.82 Å². The summed E-state index contributed by atoms with van der Waals surface area (Å²) >= 11 is 1.53. The number of aryl methyl sites for hydroxylation is 1. The first kappa shape index (κ1) is 21.1. The minimum atomic E-state index is -0.395. The molecular weight excluding hydrogens is 421 g/mol. The zero-order valence-electron chi connectivity index (χ0n) is 16.8. The topological polar surface area (TPSA) is 91.6 Å². The van der Waals surface area contributed by atoms with Crippen LogP contribution in [0.5, 0.6) is 0 Å². The molecule has 1 fully saturated rings. The van der Waals surface area contributed by atoms with E-state index in [2.05, 4.69) is 15.5 Å². The Kier molecular flexibility index (Phi) is 6.68. The highest BCUT2D eigenvalue weighted by Crippen LogP contribution is 2.21. The van der Waals surface area contributed by atoms with Crippen molar-refractivity contribution in [3.05, 3.63) is 53.5 Å². The molecule has 0 bridgehead atoms. The molecule has 2 aromatic heterocycles. The number of piperazine rings is 1. The monoisotopic (exact) mass is 443 g/mol. The van der Waals surface area contributed by atoms with E-state index in [9.17, 15) is 14.0 Å². The number of benzene rings is 1. The Labute approximate surface area is 182 Å². The van der Waals surface area contributed by atoms with Gasteiger partial charge in [-0.05, 0) is 29.6 Å². The summed E-state index contributed by atoms with van der Waals surface area (Å²) < 4.78 is 18.5. The Hall–Kier alpha value is -3.11. The molecule has 0 spiro atoms. The van der Waals surface area contributed by atoms with Gasteiger partial charge in [0, 0.05) is 44.7 Å². The SMILES string of the molecule is O=C(CN1CCN(C(=O)CCc2nc(-c3cccs3)no2)CC1)Nc1cccc(F)c1. The van der Waals surface area contributed by atoms with E-state index in [1.165, 1.54) is 23.5 Å². The lowest BCUT2D eigenvalue weighted by atomic mass is 10.2. The average Bonchev–Trinajstić information content (AvgIpc) is 3.44. The largest absolute Gasteiger partial charge is 0.340 e. The molecule has 1 aromatic carbocycles. The number of hydrogen-bond donors (Lipinski definition) is 1. The van der Waals surface area contributed by atoms with E-state index < -0.39 is 5.82 Å². The van der Waals surface area contributed by atoms with Crippen LogP contribution in [0.4, 0.5) is 10.1 Å². The van der Waals surface area contributed by atoms with Crippen molar-refractivity contribution in [3.63, 3.8) is 0 Å². The van der Waals surface area contributed by atoms with Gasteiger partial charge in [-0.3, -0.25) is 14.5 Å². The standard InChI is InChI=1S/C21H22FN5O3S/c22-15-3-1-4-16(13-15)23-18(28)14-26-8-10-27(11-9-26)20(29)7-6-19-24-21(25-30-19)17-5-2-12-31-17/h1-5,12-13H,6-11,14H2,(H,23,28). The number of carbonyl (C=O) groups excluding carboxylic acids is 2. The van der Waals surface area contributed by atoms with Crippen molar-refractivity contribution in [1.29, 1.82) is 0 Å². The Morgan fingerprint density at radius 1 is 1.16 bits per heavy atom. The molecular formula is C21H22FN5O3S. The Morgan fingerprint density at radius 2 is 2.00 bits per heavy atom. The average molecular weight is 444 g/mol. The van der Waals surface area contributed by atoms with E-state index in [4.69, 9.17) is 4.52 Å². The minimum Gasteiger partial charge on any atom is -0.340 e. The number of rotatable bonds is 7. The number of amides is 2. The first-order valence-electron chi connectivity index (χ1n) is 9.99. The normalized spacial score (nSPS) is 14.5. The molecule has 10 heteroatoms. The van der Waals surface area contributed by atoms with Crippen molar-refractivity contribution in [2.45, 2.75) is 12.8 Å². The fraction of sp³-hybridized carbons (Fsp3) is 0.333. The van der Waals surface area contributed by atoms with Crippen molar-refractivity contribution in [2.75, 3.05) is 38.0 Å². The molecule has 4 rings (SSSR count). The second-order valence-electron chi connectivity index (χ2n) is 7.20. The van der Waals surface area contributed by atoms with Crippen molar-refractivity contribution < 1.29 is 18.5 Å². The zero-order chi connectivity index (χ0) is 21.6. The zero-order valence-corrected chi connectivity index (χ0v) is 17.6. The number of aromatic nitrogens is 2. The molecule has 3 heterocycles. The van der Waals surface area contributed by atoms with Crippen LogP contribution in [-0.2, 0) is 16.0 Å². The van der Waals surface area contributed by atoms with Crippen molar-refractivity contribution in [2.24, 2.45) is 0 Å². The predicted octanol–water partition coefficient (Wildman–Crippen LogP) is 2.65. The first-order chi connectivity index (χ1) is 15.1. The van der Waals surface area contributed by atoms with Crippen LogP contribution in [0.1, 0.15) is 12.3 Å². The number of anilines is 1. The van der Waals surface area contributed by atoms with Crippen LogP contribution >= 0.6 is 11.3 Å². The highest BCUT2D eigenvalue weighted by atomic mass is 32.1. The lowest BCUT2D eigenvalue weighted by Gasteiger charge is -2.34. The van der Waals surface area contributed by atoms with E-state index in [0.29, 0.717) is 56.4 Å². The van der Waals surface area contributed by atoms with Crippen LogP contribution in [0.25, 0.3) is 10.7 Å². The summed E-state index contributed by atoms with van der Waals surface area (Å²) in [5.74, 6) is 0.420. The predicted molar refractivity (Wildman–Crippen MR) is 114 cm³/mol. The summed E-state index contributed by atoms with van der Waals surface area (Å²) in [6.45, 7) is 2.51. The summed E-state index contributed by atoms with van der Waals surface area (Å²) in [5.41, 5.74) is 0.432. The quantitative estimate of drug-likeness (QED) is 0.604. The van der Waals surface area contributed by atoms with Gasteiger partial charge in [-0.2, -0.15) is 4.98 Å². The summed E-state index contributed by atoms with van der Waals surface area (Å²) in [5, 5.41) is 8.59. The van der Waals surface area contributed by atoms with Crippen LogP contribution in [-0.4, -0.2) is 64.5 Å². The molecule has 31 heavy (non-hydrogen) atoms. The van der Waals surface area contributed by atoms with Gasteiger partial charge in [-0.1, -0.05) is 17.3 Å². The van der Waals surface area contributed by atoms with E-state index in [1.54, 1.807) is 17.0 Å². The number of nitrogens with zero attached hydrogens (tertiary/aromatic N) is 4. The van der Waals surface area contributed by atoms with Crippen molar-refractivity contribution in [3.8, 4) is 10.7 Å². The second-order valence-corrected chi connectivity index (χ2v) is 8.15. The number of hydrogen-bond acceptors (Lipinski definition) is 7. The fourth-order valence-electron chi connectivity index (χ4n) is 3.36. The van der Waals surface area contributed by atoms with E-state index in [-0.39, 0.29) is 18.4 Å². The number of thiophene rings is 1.